The zero-order valence-electron chi connectivity index (χ0n) is 14.4. The second-order valence-electron chi connectivity index (χ2n) is 5.31. The van der Waals surface area contributed by atoms with Gasteiger partial charge in [-0.25, -0.2) is 9.97 Å². The third kappa shape index (κ3) is 4.07. The molecule has 0 aliphatic carbocycles. The molecular formula is C19H18N4O3. The molecule has 0 spiro atoms. The summed E-state index contributed by atoms with van der Waals surface area (Å²) in [4.78, 5) is 20.8. The number of hydrogen-bond acceptors (Lipinski definition) is 6. The molecule has 7 nitrogen and oxygen atoms in total. The molecule has 7 heteroatoms. The maximum Gasteiger partial charge on any atom is 0.258 e. The Labute approximate surface area is 151 Å². The fourth-order valence-electron chi connectivity index (χ4n) is 2.27. The first kappa shape index (κ1) is 17.2. The van der Waals surface area contributed by atoms with Crippen LogP contribution in [0.15, 0.2) is 60.9 Å². The van der Waals surface area contributed by atoms with Crippen molar-refractivity contribution >= 4 is 23.2 Å². The van der Waals surface area contributed by atoms with Crippen LogP contribution < -0.4 is 20.1 Å². The van der Waals surface area contributed by atoms with Gasteiger partial charge in [0.05, 0.1) is 25.5 Å². The lowest BCUT2D eigenvalue weighted by atomic mass is 10.2. The molecule has 1 heterocycles. The van der Waals surface area contributed by atoms with Crippen molar-refractivity contribution < 1.29 is 14.3 Å². The normalized spacial score (nSPS) is 10.1. The fraction of sp³-hybridized carbons (Fsp3) is 0.105. The van der Waals surface area contributed by atoms with E-state index >= 15 is 0 Å². The Morgan fingerprint density at radius 3 is 2.35 bits per heavy atom. The average molecular weight is 350 g/mol. The highest BCUT2D eigenvalue weighted by Crippen LogP contribution is 2.29. The summed E-state index contributed by atoms with van der Waals surface area (Å²) < 4.78 is 10.4. The van der Waals surface area contributed by atoms with Crippen molar-refractivity contribution in [2.75, 3.05) is 24.9 Å². The summed E-state index contributed by atoms with van der Waals surface area (Å²) in [5.41, 5.74) is 1.70. The molecule has 2 N–H and O–H groups in total. The van der Waals surface area contributed by atoms with Crippen LogP contribution in [0.25, 0.3) is 0 Å². The van der Waals surface area contributed by atoms with Crippen LogP contribution in [0.4, 0.5) is 17.3 Å². The van der Waals surface area contributed by atoms with E-state index in [2.05, 4.69) is 20.6 Å². The third-order valence-electron chi connectivity index (χ3n) is 3.60. The Balaban J connectivity index is 1.72. The highest BCUT2D eigenvalue weighted by atomic mass is 16.5. The predicted molar refractivity (Wildman–Crippen MR) is 99.3 cm³/mol. The molecule has 0 aliphatic heterocycles. The van der Waals surface area contributed by atoms with Crippen molar-refractivity contribution in [2.24, 2.45) is 0 Å². The Bertz CT molecular complexity index is 883. The quantitative estimate of drug-likeness (QED) is 0.708. The number of carbonyl (C=O) groups excluding carboxylic acids is 1. The smallest absolute Gasteiger partial charge is 0.258 e. The van der Waals surface area contributed by atoms with Gasteiger partial charge < -0.3 is 20.1 Å². The van der Waals surface area contributed by atoms with E-state index in [4.69, 9.17) is 9.47 Å². The van der Waals surface area contributed by atoms with Crippen molar-refractivity contribution in [3.63, 3.8) is 0 Å². The first-order valence-corrected chi connectivity index (χ1v) is 7.87. The lowest BCUT2D eigenvalue weighted by Gasteiger charge is -2.11. The first-order chi connectivity index (χ1) is 12.7. The fourth-order valence-corrected chi connectivity index (χ4v) is 2.27. The molecule has 2 aromatic carbocycles. The van der Waals surface area contributed by atoms with Crippen molar-refractivity contribution in [1.82, 2.24) is 9.97 Å². The number of ether oxygens (including phenoxy) is 2. The number of methoxy groups -OCH3 is 2. The molecule has 132 valence electrons. The summed E-state index contributed by atoms with van der Waals surface area (Å²) >= 11 is 0. The molecule has 26 heavy (non-hydrogen) atoms. The predicted octanol–water partition coefficient (Wildman–Crippen LogP) is 3.49. The molecule has 0 atom stereocenters. The average Bonchev–Trinajstić information content (AvgIpc) is 2.69. The molecule has 3 rings (SSSR count). The van der Waals surface area contributed by atoms with E-state index in [-0.39, 0.29) is 5.91 Å². The first-order valence-electron chi connectivity index (χ1n) is 7.87. The third-order valence-corrected chi connectivity index (χ3v) is 3.60. The van der Waals surface area contributed by atoms with Gasteiger partial charge in [-0.1, -0.05) is 18.2 Å². The second-order valence-corrected chi connectivity index (χ2v) is 5.31. The number of hydrogen-bond donors (Lipinski definition) is 2. The van der Waals surface area contributed by atoms with Crippen molar-refractivity contribution in [2.45, 2.75) is 0 Å². The molecule has 0 unspecified atom stereocenters. The number of amides is 1. The van der Waals surface area contributed by atoms with E-state index in [9.17, 15) is 4.79 Å². The minimum Gasteiger partial charge on any atom is -0.497 e. The largest absolute Gasteiger partial charge is 0.497 e. The van der Waals surface area contributed by atoms with Crippen LogP contribution in [0.3, 0.4) is 0 Å². The van der Waals surface area contributed by atoms with Crippen LogP contribution in [0.5, 0.6) is 11.5 Å². The molecule has 0 fully saturated rings. The highest BCUT2D eigenvalue weighted by molar-refractivity contribution is 6.04. The van der Waals surface area contributed by atoms with Crippen molar-refractivity contribution in [1.29, 1.82) is 0 Å². The summed E-state index contributed by atoms with van der Waals surface area (Å²) in [5, 5.41) is 5.84. The van der Waals surface area contributed by atoms with E-state index in [1.165, 1.54) is 19.5 Å². The number of nitrogens with one attached hydrogen (secondary N) is 2. The molecule has 3 aromatic rings. The standard InChI is InChI=1S/C19H18N4O3/c1-25-15-8-9-17(26-2)16(10-15)23-18(24)13-11-20-19(21-12-13)22-14-6-4-3-5-7-14/h3-12H,1-2H3,(H,23,24)(H,20,21,22). The lowest BCUT2D eigenvalue weighted by molar-refractivity contribution is 0.102. The van der Waals surface area contributed by atoms with Crippen LogP contribution in [-0.2, 0) is 0 Å². The van der Waals surface area contributed by atoms with Crippen molar-refractivity contribution in [3.05, 3.63) is 66.5 Å². The van der Waals surface area contributed by atoms with Crippen LogP contribution in [0, 0.1) is 0 Å². The van der Waals surface area contributed by atoms with Crippen LogP contribution in [0.2, 0.25) is 0 Å². The zero-order chi connectivity index (χ0) is 18.4. The zero-order valence-corrected chi connectivity index (χ0v) is 14.4. The summed E-state index contributed by atoms with van der Waals surface area (Å²) in [6, 6.07) is 14.7. The van der Waals surface area contributed by atoms with Crippen LogP contribution in [0.1, 0.15) is 10.4 Å². The van der Waals surface area contributed by atoms with Gasteiger partial charge >= 0.3 is 0 Å². The summed E-state index contributed by atoms with van der Waals surface area (Å²) in [7, 11) is 3.09. The van der Waals surface area contributed by atoms with E-state index in [0.29, 0.717) is 28.7 Å². The number of nitrogens with zero attached hydrogens (tertiary/aromatic N) is 2. The van der Waals surface area contributed by atoms with Gasteiger partial charge in [0.15, 0.2) is 0 Å². The molecule has 0 saturated carbocycles. The van der Waals surface area contributed by atoms with Gasteiger partial charge in [-0.05, 0) is 24.3 Å². The number of rotatable bonds is 6. The summed E-state index contributed by atoms with van der Waals surface area (Å²) in [6.07, 6.45) is 2.92. The minimum atomic E-state index is -0.345. The highest BCUT2D eigenvalue weighted by Gasteiger charge is 2.12. The maximum absolute atomic E-state index is 12.4. The molecule has 0 bridgehead atoms. The summed E-state index contributed by atoms with van der Waals surface area (Å²) in [5.74, 6) is 1.21. The van der Waals surface area contributed by atoms with E-state index in [1.54, 1.807) is 25.3 Å². The summed E-state index contributed by atoms with van der Waals surface area (Å²) in [6.45, 7) is 0. The van der Waals surface area contributed by atoms with E-state index in [1.807, 2.05) is 30.3 Å². The molecule has 0 saturated heterocycles. The lowest BCUT2D eigenvalue weighted by Crippen LogP contribution is -2.14. The Hall–Kier alpha value is -3.61. The van der Waals surface area contributed by atoms with Gasteiger partial charge in [-0.15, -0.1) is 0 Å². The molecule has 0 aliphatic rings. The van der Waals surface area contributed by atoms with E-state index in [0.717, 1.165) is 5.69 Å². The number of carbonyl (C=O) groups is 1. The molecule has 1 aromatic heterocycles. The Morgan fingerprint density at radius 1 is 0.962 bits per heavy atom. The number of benzene rings is 2. The van der Waals surface area contributed by atoms with Gasteiger partial charge in [0.25, 0.3) is 5.91 Å². The van der Waals surface area contributed by atoms with Gasteiger partial charge in [-0.3, -0.25) is 4.79 Å². The van der Waals surface area contributed by atoms with Gasteiger partial charge in [0, 0.05) is 24.1 Å². The Kier molecular flexibility index (Phi) is 5.28. The number of anilines is 3. The van der Waals surface area contributed by atoms with E-state index < -0.39 is 0 Å². The number of para-hydroxylation sites is 1. The van der Waals surface area contributed by atoms with Gasteiger partial charge in [-0.2, -0.15) is 0 Å². The minimum absolute atomic E-state index is 0.327. The SMILES string of the molecule is COc1ccc(OC)c(NC(=O)c2cnc(Nc3ccccc3)nc2)c1. The van der Waals surface area contributed by atoms with Crippen LogP contribution in [-0.4, -0.2) is 30.1 Å². The molecular weight excluding hydrogens is 332 g/mol. The van der Waals surface area contributed by atoms with Crippen LogP contribution >= 0.6 is 0 Å². The van der Waals surface area contributed by atoms with Crippen molar-refractivity contribution in [3.8, 4) is 11.5 Å². The maximum atomic E-state index is 12.4. The van der Waals surface area contributed by atoms with Gasteiger partial charge in [0.1, 0.15) is 11.5 Å². The monoisotopic (exact) mass is 350 g/mol. The molecule has 0 radical (unpaired) electrons. The topological polar surface area (TPSA) is 85.4 Å². The Morgan fingerprint density at radius 2 is 1.69 bits per heavy atom. The molecule has 1 amide bonds. The second kappa shape index (κ2) is 7.98. The number of aromatic nitrogens is 2. The van der Waals surface area contributed by atoms with Gasteiger partial charge in [0.2, 0.25) is 5.95 Å².